The molecule has 1 amide bonds. The highest BCUT2D eigenvalue weighted by Gasteiger charge is 2.33. The van der Waals surface area contributed by atoms with Gasteiger partial charge in [-0.3, -0.25) is 9.69 Å². The first kappa shape index (κ1) is 13.8. The zero-order valence-electron chi connectivity index (χ0n) is 11.1. The lowest BCUT2D eigenvalue weighted by Crippen LogP contribution is -2.44. The number of carbonyl (C=O) groups is 2. The quantitative estimate of drug-likeness (QED) is 0.697. The van der Waals surface area contributed by atoms with Crippen LogP contribution in [0.3, 0.4) is 0 Å². The molecule has 7 nitrogen and oxygen atoms in total. The van der Waals surface area contributed by atoms with Gasteiger partial charge in [0.15, 0.2) is 5.71 Å². The molecule has 0 saturated heterocycles. The minimum atomic E-state index is -1.14. The minimum Gasteiger partial charge on any atom is -0.477 e. The van der Waals surface area contributed by atoms with Crippen LogP contribution in [0.25, 0.3) is 0 Å². The van der Waals surface area contributed by atoms with Crippen molar-refractivity contribution in [1.82, 2.24) is 10.2 Å². The van der Waals surface area contributed by atoms with Gasteiger partial charge in [0.1, 0.15) is 0 Å². The summed E-state index contributed by atoms with van der Waals surface area (Å²) in [4.78, 5) is 29.5. The molecule has 0 aromatic rings. The van der Waals surface area contributed by atoms with E-state index in [1.54, 1.807) is 0 Å². The molecular weight excluding hydrogens is 250 g/mol. The molecule has 1 fully saturated rings. The topological polar surface area (TPSA) is 91.2 Å². The van der Waals surface area contributed by atoms with E-state index in [1.807, 2.05) is 14.0 Å². The van der Waals surface area contributed by atoms with E-state index in [-0.39, 0.29) is 24.1 Å². The average molecular weight is 269 g/mol. The van der Waals surface area contributed by atoms with Crippen molar-refractivity contribution in [1.29, 1.82) is 0 Å². The third-order valence-electron chi connectivity index (χ3n) is 3.60. The summed E-state index contributed by atoms with van der Waals surface area (Å²) in [5.41, 5.74) is -0.108. The number of carbonyl (C=O) groups excluding carboxylic acids is 1. The van der Waals surface area contributed by atoms with Gasteiger partial charge in [-0.05, 0) is 26.8 Å². The normalized spacial score (nSPS) is 23.7. The lowest BCUT2D eigenvalue weighted by molar-refractivity contribution is -0.131. The Hall–Kier alpha value is -1.63. The molecule has 0 spiro atoms. The van der Waals surface area contributed by atoms with Gasteiger partial charge in [-0.1, -0.05) is 5.16 Å². The molecule has 2 N–H and O–H groups in total. The Morgan fingerprint density at radius 1 is 1.58 bits per heavy atom. The molecular formula is C12H19N3O4. The van der Waals surface area contributed by atoms with Crippen molar-refractivity contribution in [3.63, 3.8) is 0 Å². The van der Waals surface area contributed by atoms with E-state index in [9.17, 15) is 9.59 Å². The number of nitrogens with zero attached hydrogens (tertiary/aromatic N) is 2. The van der Waals surface area contributed by atoms with Crippen LogP contribution < -0.4 is 5.32 Å². The van der Waals surface area contributed by atoms with Gasteiger partial charge in [0, 0.05) is 25.0 Å². The van der Waals surface area contributed by atoms with E-state index in [4.69, 9.17) is 9.94 Å². The first-order chi connectivity index (χ1) is 8.99. The van der Waals surface area contributed by atoms with Gasteiger partial charge in [-0.25, -0.2) is 4.79 Å². The monoisotopic (exact) mass is 269 g/mol. The highest BCUT2D eigenvalue weighted by molar-refractivity contribution is 6.36. The summed E-state index contributed by atoms with van der Waals surface area (Å²) < 4.78 is 0. The van der Waals surface area contributed by atoms with Crippen LogP contribution in [0.1, 0.15) is 26.2 Å². The van der Waals surface area contributed by atoms with Crippen molar-refractivity contribution >= 4 is 17.6 Å². The molecule has 2 rings (SSSR count). The highest BCUT2D eigenvalue weighted by Crippen LogP contribution is 2.26. The van der Waals surface area contributed by atoms with Crippen molar-refractivity contribution < 1.29 is 19.5 Å². The standard InChI is InChI=1S/C12H19N3O4/c1-7(15(2)8-3-4-8)6-13-11(16)10-5-9(12(17)18)14-19-10/h7-8,10H,3-6H2,1-2H3,(H,13,16)(H,17,18). The van der Waals surface area contributed by atoms with E-state index in [0.717, 1.165) is 0 Å². The van der Waals surface area contributed by atoms with E-state index in [2.05, 4.69) is 15.4 Å². The Bertz CT molecular complexity index is 406. The average Bonchev–Trinajstić information content (AvgIpc) is 3.10. The first-order valence-corrected chi connectivity index (χ1v) is 6.44. The summed E-state index contributed by atoms with van der Waals surface area (Å²) in [6.45, 7) is 2.57. The molecule has 2 unspecified atom stereocenters. The van der Waals surface area contributed by atoms with Gasteiger partial charge in [0.25, 0.3) is 5.91 Å². The van der Waals surface area contributed by atoms with Gasteiger partial charge in [-0.15, -0.1) is 0 Å². The number of hydrogen-bond donors (Lipinski definition) is 2. The van der Waals surface area contributed by atoms with Crippen molar-refractivity contribution in [3.8, 4) is 0 Å². The van der Waals surface area contributed by atoms with Crippen LogP contribution in [-0.4, -0.2) is 59.4 Å². The second-order valence-electron chi connectivity index (χ2n) is 5.13. The van der Waals surface area contributed by atoms with Gasteiger partial charge in [-0.2, -0.15) is 0 Å². The summed E-state index contributed by atoms with van der Waals surface area (Å²) >= 11 is 0. The molecule has 0 aromatic heterocycles. The van der Waals surface area contributed by atoms with E-state index >= 15 is 0 Å². The zero-order valence-corrected chi connectivity index (χ0v) is 11.1. The van der Waals surface area contributed by atoms with Crippen LogP contribution in [0.2, 0.25) is 0 Å². The van der Waals surface area contributed by atoms with Crippen LogP contribution in [0.4, 0.5) is 0 Å². The Balaban J connectivity index is 1.72. The zero-order chi connectivity index (χ0) is 14.0. The summed E-state index contributed by atoms with van der Waals surface area (Å²) in [7, 11) is 2.05. The van der Waals surface area contributed by atoms with E-state index < -0.39 is 12.1 Å². The van der Waals surface area contributed by atoms with Crippen molar-refractivity contribution in [2.45, 2.75) is 44.4 Å². The molecule has 0 radical (unpaired) electrons. The van der Waals surface area contributed by atoms with E-state index in [0.29, 0.717) is 12.6 Å². The number of likely N-dealkylation sites (N-methyl/N-ethyl adjacent to an activating group) is 1. The van der Waals surface area contributed by atoms with Crippen LogP contribution >= 0.6 is 0 Å². The number of hydrogen-bond acceptors (Lipinski definition) is 5. The summed E-state index contributed by atoms with van der Waals surface area (Å²) in [5, 5.41) is 14.9. The number of oxime groups is 1. The fraction of sp³-hybridized carbons (Fsp3) is 0.750. The number of rotatable bonds is 6. The molecule has 1 aliphatic heterocycles. The maximum atomic E-state index is 11.8. The predicted octanol–water partition coefficient (Wildman–Crippen LogP) is -0.185. The maximum absolute atomic E-state index is 11.8. The number of nitrogens with one attached hydrogen (secondary N) is 1. The van der Waals surface area contributed by atoms with Crippen molar-refractivity contribution in [2.24, 2.45) is 5.16 Å². The van der Waals surface area contributed by atoms with Gasteiger partial charge >= 0.3 is 5.97 Å². The second-order valence-corrected chi connectivity index (χ2v) is 5.13. The smallest absolute Gasteiger partial charge is 0.353 e. The molecule has 1 heterocycles. The molecule has 19 heavy (non-hydrogen) atoms. The van der Waals surface area contributed by atoms with Crippen LogP contribution in [-0.2, 0) is 14.4 Å². The molecule has 1 saturated carbocycles. The molecule has 2 aliphatic rings. The second kappa shape index (κ2) is 5.56. The summed E-state index contributed by atoms with van der Waals surface area (Å²) in [6, 6.07) is 0.884. The van der Waals surface area contributed by atoms with Gasteiger partial charge < -0.3 is 15.3 Å². The van der Waals surface area contributed by atoms with Crippen molar-refractivity contribution in [2.75, 3.05) is 13.6 Å². The lowest BCUT2D eigenvalue weighted by Gasteiger charge is -2.24. The van der Waals surface area contributed by atoms with E-state index in [1.165, 1.54) is 12.8 Å². The van der Waals surface area contributed by atoms with Crippen LogP contribution in [0.15, 0.2) is 5.16 Å². The van der Waals surface area contributed by atoms with Gasteiger partial charge in [0.2, 0.25) is 6.10 Å². The fourth-order valence-corrected chi connectivity index (χ4v) is 1.99. The fourth-order valence-electron chi connectivity index (χ4n) is 1.99. The molecule has 0 bridgehead atoms. The highest BCUT2D eigenvalue weighted by atomic mass is 16.6. The predicted molar refractivity (Wildman–Crippen MR) is 67.8 cm³/mol. The summed E-state index contributed by atoms with van der Waals surface area (Å²) in [5.74, 6) is -1.45. The Kier molecular flexibility index (Phi) is 4.04. The number of amides is 1. The first-order valence-electron chi connectivity index (χ1n) is 6.44. The largest absolute Gasteiger partial charge is 0.477 e. The maximum Gasteiger partial charge on any atom is 0.353 e. The SMILES string of the molecule is CC(CNC(=O)C1CC(C(=O)O)=NO1)N(C)C1CC1. The Labute approximate surface area is 111 Å². The number of carboxylic acid groups (broad SMARTS) is 1. The Morgan fingerprint density at radius 3 is 2.79 bits per heavy atom. The van der Waals surface area contributed by atoms with Crippen molar-refractivity contribution in [3.05, 3.63) is 0 Å². The third kappa shape index (κ3) is 3.44. The number of carboxylic acids is 1. The van der Waals surface area contributed by atoms with Gasteiger partial charge in [0.05, 0.1) is 0 Å². The minimum absolute atomic E-state index is 0.0218. The van der Waals surface area contributed by atoms with Crippen LogP contribution in [0.5, 0.6) is 0 Å². The molecule has 0 aromatic carbocycles. The third-order valence-corrected chi connectivity index (χ3v) is 3.60. The number of aliphatic carboxylic acids is 1. The lowest BCUT2D eigenvalue weighted by atomic mass is 10.1. The molecule has 1 aliphatic carbocycles. The summed E-state index contributed by atoms with van der Waals surface area (Å²) in [6.07, 6.45) is 1.64. The molecule has 106 valence electrons. The molecule has 7 heteroatoms. The Morgan fingerprint density at radius 2 is 2.26 bits per heavy atom. The van der Waals surface area contributed by atoms with Crippen LogP contribution in [0, 0.1) is 0 Å². The molecule has 2 atom stereocenters.